The van der Waals surface area contributed by atoms with Gasteiger partial charge in [-0.3, -0.25) is 9.10 Å². The van der Waals surface area contributed by atoms with E-state index in [0.29, 0.717) is 37.0 Å². The number of carbonyl (C=O) groups excluding carboxylic acids is 1. The second-order valence-corrected chi connectivity index (χ2v) is 10.8. The zero-order chi connectivity index (χ0) is 24.8. The number of nitrogens with one attached hydrogen (secondary N) is 1. The van der Waals surface area contributed by atoms with Crippen LogP contribution >= 0.6 is 11.8 Å². The van der Waals surface area contributed by atoms with Crippen molar-refractivity contribution in [2.24, 2.45) is 0 Å². The molecule has 0 aromatic heterocycles. The fraction of sp³-hybridized carbons (Fsp3) is 0.240. The molecule has 0 spiro atoms. The third-order valence-corrected chi connectivity index (χ3v) is 7.98. The summed E-state index contributed by atoms with van der Waals surface area (Å²) in [6.45, 7) is 2.52. The summed E-state index contributed by atoms with van der Waals surface area (Å²) >= 11 is 1.58. The molecule has 1 N–H and O–H groups in total. The number of fused-ring (bicyclic) bond motifs is 1. The lowest BCUT2D eigenvalue weighted by atomic mass is 10.2. The molecule has 184 valence electrons. The largest absolute Gasteiger partial charge is 0.486 e. The van der Waals surface area contributed by atoms with Gasteiger partial charge in [0.15, 0.2) is 11.5 Å². The summed E-state index contributed by atoms with van der Waals surface area (Å²) < 4.78 is 52.9. The van der Waals surface area contributed by atoms with Gasteiger partial charge in [0.1, 0.15) is 25.6 Å². The Kier molecular flexibility index (Phi) is 7.82. The van der Waals surface area contributed by atoms with Gasteiger partial charge < -0.3 is 14.8 Å². The lowest BCUT2D eigenvalue weighted by molar-refractivity contribution is -0.119. The molecular formula is C25H25FN2O5S2. The van der Waals surface area contributed by atoms with Crippen molar-refractivity contribution < 1.29 is 27.1 Å². The number of ether oxygens (including phenoxy) is 2. The predicted octanol–water partition coefficient (Wildman–Crippen LogP) is 4.01. The Morgan fingerprint density at radius 2 is 1.77 bits per heavy atom. The maximum Gasteiger partial charge on any atom is 0.264 e. The molecular weight excluding hydrogens is 491 g/mol. The Morgan fingerprint density at radius 3 is 2.51 bits per heavy atom. The van der Waals surface area contributed by atoms with Crippen molar-refractivity contribution >= 4 is 33.4 Å². The van der Waals surface area contributed by atoms with Gasteiger partial charge in [-0.2, -0.15) is 0 Å². The SMILES string of the molecule is Cc1ccc(SCCNC(=O)CN(c2cccc(F)c2)S(=O)(=O)c2ccc3c(c2)OCCO3)cc1. The number of hydrogen-bond acceptors (Lipinski definition) is 6. The van der Waals surface area contributed by atoms with Crippen molar-refractivity contribution in [3.8, 4) is 11.5 Å². The van der Waals surface area contributed by atoms with E-state index in [2.05, 4.69) is 5.32 Å². The summed E-state index contributed by atoms with van der Waals surface area (Å²) in [4.78, 5) is 13.7. The van der Waals surface area contributed by atoms with E-state index in [-0.39, 0.29) is 10.6 Å². The van der Waals surface area contributed by atoms with Gasteiger partial charge in [0, 0.05) is 23.3 Å². The molecule has 0 saturated carbocycles. The molecule has 1 aliphatic heterocycles. The van der Waals surface area contributed by atoms with Crippen LogP contribution in [0.2, 0.25) is 0 Å². The molecule has 7 nitrogen and oxygen atoms in total. The Bertz CT molecular complexity index is 1300. The van der Waals surface area contributed by atoms with E-state index in [1.165, 1.54) is 42.0 Å². The van der Waals surface area contributed by atoms with E-state index in [4.69, 9.17) is 9.47 Å². The average Bonchev–Trinajstić information content (AvgIpc) is 2.86. The monoisotopic (exact) mass is 516 g/mol. The van der Waals surface area contributed by atoms with Crippen LogP contribution in [-0.4, -0.2) is 46.4 Å². The van der Waals surface area contributed by atoms with E-state index < -0.39 is 28.3 Å². The number of carbonyl (C=O) groups is 1. The van der Waals surface area contributed by atoms with Gasteiger partial charge in [-0.1, -0.05) is 23.8 Å². The molecule has 1 amide bonds. The molecule has 0 fully saturated rings. The molecule has 0 bridgehead atoms. The fourth-order valence-corrected chi connectivity index (χ4v) is 5.63. The molecule has 10 heteroatoms. The Balaban J connectivity index is 1.48. The van der Waals surface area contributed by atoms with Crippen LogP contribution in [0.5, 0.6) is 11.5 Å². The number of thioether (sulfide) groups is 1. The van der Waals surface area contributed by atoms with Crippen molar-refractivity contribution in [2.45, 2.75) is 16.7 Å². The van der Waals surface area contributed by atoms with Crippen LogP contribution in [-0.2, 0) is 14.8 Å². The first-order valence-corrected chi connectivity index (χ1v) is 13.4. The van der Waals surface area contributed by atoms with Crippen LogP contribution in [0.15, 0.2) is 76.5 Å². The molecule has 0 saturated heterocycles. The molecule has 35 heavy (non-hydrogen) atoms. The van der Waals surface area contributed by atoms with Gasteiger partial charge in [-0.15, -0.1) is 11.8 Å². The standard InChI is InChI=1S/C25H25FN2O5S2/c1-18-5-7-21(8-6-18)34-14-11-27-25(29)17-28(20-4-2-3-19(26)15-20)35(30,31)22-9-10-23-24(16-22)33-13-12-32-23/h2-10,15-16H,11-14,17H2,1H3,(H,27,29). The van der Waals surface area contributed by atoms with E-state index in [9.17, 15) is 17.6 Å². The number of nitrogens with zero attached hydrogens (tertiary/aromatic N) is 1. The highest BCUT2D eigenvalue weighted by Crippen LogP contribution is 2.34. The quantitative estimate of drug-likeness (QED) is 0.342. The minimum atomic E-state index is -4.21. The molecule has 3 aromatic rings. The average molecular weight is 517 g/mol. The van der Waals surface area contributed by atoms with Gasteiger partial charge >= 0.3 is 0 Å². The van der Waals surface area contributed by atoms with Crippen LogP contribution in [0, 0.1) is 12.7 Å². The van der Waals surface area contributed by atoms with Crippen LogP contribution in [0.4, 0.5) is 10.1 Å². The van der Waals surface area contributed by atoms with Gasteiger partial charge in [0.25, 0.3) is 10.0 Å². The normalized spacial score (nSPS) is 12.7. The maximum atomic E-state index is 14.0. The Labute approximate surface area is 208 Å². The minimum absolute atomic E-state index is 0.0454. The van der Waals surface area contributed by atoms with Crippen LogP contribution < -0.4 is 19.1 Å². The lowest BCUT2D eigenvalue weighted by Crippen LogP contribution is -2.41. The number of rotatable bonds is 9. The summed E-state index contributed by atoms with van der Waals surface area (Å²) in [5.74, 6) is 0.244. The molecule has 0 atom stereocenters. The predicted molar refractivity (Wildman–Crippen MR) is 133 cm³/mol. The first-order valence-electron chi connectivity index (χ1n) is 11.0. The highest BCUT2D eigenvalue weighted by atomic mass is 32.2. The molecule has 3 aromatic carbocycles. The van der Waals surface area contributed by atoms with E-state index in [0.717, 1.165) is 15.3 Å². The summed E-state index contributed by atoms with van der Waals surface area (Å²) in [7, 11) is -4.21. The summed E-state index contributed by atoms with van der Waals surface area (Å²) in [5, 5.41) is 2.75. The van der Waals surface area contributed by atoms with Crippen molar-refractivity contribution in [2.75, 3.05) is 36.4 Å². The van der Waals surface area contributed by atoms with Crippen molar-refractivity contribution in [3.63, 3.8) is 0 Å². The molecule has 1 aliphatic rings. The van der Waals surface area contributed by atoms with Crippen LogP contribution in [0.3, 0.4) is 0 Å². The number of aryl methyl sites for hydroxylation is 1. The highest BCUT2D eigenvalue weighted by molar-refractivity contribution is 7.99. The van der Waals surface area contributed by atoms with Crippen molar-refractivity contribution in [1.29, 1.82) is 0 Å². The fourth-order valence-electron chi connectivity index (χ4n) is 3.44. The first kappa shape index (κ1) is 24.9. The summed E-state index contributed by atoms with van der Waals surface area (Å²) in [6.07, 6.45) is 0. The second kappa shape index (κ2) is 11.0. The first-order chi connectivity index (χ1) is 16.8. The van der Waals surface area contributed by atoms with Gasteiger partial charge in [-0.05, 0) is 49.4 Å². The molecule has 0 radical (unpaired) electrons. The van der Waals surface area contributed by atoms with Crippen LogP contribution in [0.1, 0.15) is 5.56 Å². The smallest absolute Gasteiger partial charge is 0.264 e. The minimum Gasteiger partial charge on any atom is -0.486 e. The second-order valence-electron chi connectivity index (χ2n) is 7.81. The van der Waals surface area contributed by atoms with E-state index >= 15 is 0 Å². The highest BCUT2D eigenvalue weighted by Gasteiger charge is 2.29. The van der Waals surface area contributed by atoms with E-state index in [1.54, 1.807) is 11.8 Å². The third kappa shape index (κ3) is 6.26. The number of benzene rings is 3. The Hall–Kier alpha value is -3.24. The lowest BCUT2D eigenvalue weighted by Gasteiger charge is -2.25. The number of amides is 1. The van der Waals surface area contributed by atoms with Crippen molar-refractivity contribution in [3.05, 3.63) is 78.1 Å². The number of hydrogen-bond donors (Lipinski definition) is 1. The molecule has 0 aliphatic carbocycles. The van der Waals surface area contributed by atoms with Gasteiger partial charge in [-0.25, -0.2) is 12.8 Å². The molecule has 1 heterocycles. The number of anilines is 1. The number of sulfonamides is 1. The molecule has 0 unspecified atom stereocenters. The maximum absolute atomic E-state index is 14.0. The topological polar surface area (TPSA) is 84.9 Å². The molecule has 4 rings (SSSR count). The van der Waals surface area contributed by atoms with E-state index in [1.807, 2.05) is 31.2 Å². The van der Waals surface area contributed by atoms with Gasteiger partial charge in [0.2, 0.25) is 5.91 Å². The zero-order valence-electron chi connectivity index (χ0n) is 19.1. The van der Waals surface area contributed by atoms with Crippen molar-refractivity contribution in [1.82, 2.24) is 5.32 Å². The third-order valence-electron chi connectivity index (χ3n) is 5.20. The van der Waals surface area contributed by atoms with Crippen LogP contribution in [0.25, 0.3) is 0 Å². The Morgan fingerprint density at radius 1 is 1.03 bits per heavy atom. The summed E-state index contributed by atoms with van der Waals surface area (Å²) in [6, 6.07) is 17.4. The number of halogens is 1. The van der Waals surface area contributed by atoms with Gasteiger partial charge in [0.05, 0.1) is 10.6 Å². The summed E-state index contributed by atoms with van der Waals surface area (Å²) in [5.41, 5.74) is 1.21. The zero-order valence-corrected chi connectivity index (χ0v) is 20.7.